The first-order valence-corrected chi connectivity index (χ1v) is 6.03. The summed E-state index contributed by atoms with van der Waals surface area (Å²) in [6.07, 6.45) is 0. The van der Waals surface area contributed by atoms with E-state index in [9.17, 15) is 4.79 Å². The zero-order valence-corrected chi connectivity index (χ0v) is 11.0. The second kappa shape index (κ2) is 6.47. The lowest BCUT2D eigenvalue weighted by Crippen LogP contribution is -2.09. The zero-order chi connectivity index (χ0) is 14.4. The van der Waals surface area contributed by atoms with Gasteiger partial charge in [0.25, 0.3) is 0 Å². The third kappa shape index (κ3) is 3.91. The fraction of sp³-hybridized carbons (Fsp3) is 0.133. The van der Waals surface area contributed by atoms with Crippen LogP contribution in [0.15, 0.2) is 48.5 Å². The molecule has 0 spiro atoms. The predicted molar refractivity (Wildman–Crippen MR) is 75.8 cm³/mol. The van der Waals surface area contributed by atoms with Crippen LogP contribution >= 0.6 is 0 Å². The normalized spacial score (nSPS) is 9.85. The molecule has 0 atom stereocenters. The van der Waals surface area contributed by atoms with Crippen LogP contribution in [-0.4, -0.2) is 24.8 Å². The summed E-state index contributed by atoms with van der Waals surface area (Å²) in [7, 11) is 1.62. The van der Waals surface area contributed by atoms with Gasteiger partial charge in [0, 0.05) is 11.4 Å². The van der Waals surface area contributed by atoms with E-state index in [1.807, 2.05) is 36.4 Å². The largest absolute Gasteiger partial charge is 0.497 e. The first-order chi connectivity index (χ1) is 9.67. The Bertz CT molecular complexity index is 563. The number of methoxy groups -OCH3 is 1. The molecule has 0 saturated carbocycles. The molecule has 2 aromatic carbocycles. The molecule has 2 rings (SSSR count). The molecular formula is C15H15NO4. The third-order valence-electron chi connectivity index (χ3n) is 2.60. The van der Waals surface area contributed by atoms with Crippen molar-refractivity contribution in [3.05, 3.63) is 48.5 Å². The maximum atomic E-state index is 10.4. The number of carboxylic acid groups (broad SMARTS) is 1. The molecule has 0 heterocycles. The predicted octanol–water partition coefficient (Wildman–Crippen LogP) is 2.90. The average molecular weight is 273 g/mol. The number of rotatable bonds is 6. The van der Waals surface area contributed by atoms with E-state index in [0.717, 1.165) is 17.1 Å². The lowest BCUT2D eigenvalue weighted by molar-refractivity contribution is -0.139. The van der Waals surface area contributed by atoms with Crippen molar-refractivity contribution < 1.29 is 19.4 Å². The summed E-state index contributed by atoms with van der Waals surface area (Å²) in [5, 5.41) is 11.7. The number of ether oxygens (including phenoxy) is 2. The van der Waals surface area contributed by atoms with Gasteiger partial charge < -0.3 is 19.9 Å². The summed E-state index contributed by atoms with van der Waals surface area (Å²) in [4.78, 5) is 10.4. The second-order valence-corrected chi connectivity index (χ2v) is 4.06. The minimum absolute atomic E-state index is 0.342. The van der Waals surface area contributed by atoms with Gasteiger partial charge in [0.05, 0.1) is 7.11 Å². The van der Waals surface area contributed by atoms with Crippen LogP contribution in [0.3, 0.4) is 0 Å². The number of benzene rings is 2. The lowest BCUT2D eigenvalue weighted by atomic mass is 10.2. The molecular weight excluding hydrogens is 258 g/mol. The smallest absolute Gasteiger partial charge is 0.341 e. The molecule has 0 saturated heterocycles. The van der Waals surface area contributed by atoms with Gasteiger partial charge in [-0.15, -0.1) is 0 Å². The fourth-order valence-corrected chi connectivity index (χ4v) is 1.62. The minimum Gasteiger partial charge on any atom is -0.497 e. The van der Waals surface area contributed by atoms with Gasteiger partial charge in [0.1, 0.15) is 11.5 Å². The molecule has 0 unspecified atom stereocenters. The molecule has 0 bridgehead atoms. The highest BCUT2D eigenvalue weighted by Crippen LogP contribution is 2.21. The molecule has 2 aromatic rings. The molecule has 5 nitrogen and oxygen atoms in total. The first-order valence-electron chi connectivity index (χ1n) is 6.03. The summed E-state index contributed by atoms with van der Waals surface area (Å²) >= 11 is 0. The van der Waals surface area contributed by atoms with Gasteiger partial charge in [0.2, 0.25) is 0 Å². The van der Waals surface area contributed by atoms with Gasteiger partial charge in [0.15, 0.2) is 6.61 Å². The van der Waals surface area contributed by atoms with Gasteiger partial charge in [-0.1, -0.05) is 0 Å². The SMILES string of the molecule is COc1ccc(Nc2ccc(OCC(=O)O)cc2)cc1. The highest BCUT2D eigenvalue weighted by atomic mass is 16.5. The summed E-state index contributed by atoms with van der Waals surface area (Å²) in [6.45, 7) is -0.342. The fourth-order valence-electron chi connectivity index (χ4n) is 1.62. The van der Waals surface area contributed by atoms with Crippen molar-refractivity contribution in [2.24, 2.45) is 0 Å². The van der Waals surface area contributed by atoms with Crippen molar-refractivity contribution in [3.63, 3.8) is 0 Å². The Morgan fingerprint density at radius 2 is 1.50 bits per heavy atom. The van der Waals surface area contributed by atoms with E-state index in [1.54, 1.807) is 19.2 Å². The molecule has 0 fully saturated rings. The van der Waals surface area contributed by atoms with Crippen LogP contribution < -0.4 is 14.8 Å². The van der Waals surface area contributed by atoms with Crippen LogP contribution in [-0.2, 0) is 4.79 Å². The van der Waals surface area contributed by atoms with Crippen molar-refractivity contribution in [2.45, 2.75) is 0 Å². The van der Waals surface area contributed by atoms with Crippen molar-refractivity contribution in [1.82, 2.24) is 0 Å². The van der Waals surface area contributed by atoms with Gasteiger partial charge in [-0.05, 0) is 48.5 Å². The average Bonchev–Trinajstić information content (AvgIpc) is 2.47. The molecule has 0 aliphatic rings. The van der Waals surface area contributed by atoms with Crippen molar-refractivity contribution in [3.8, 4) is 11.5 Å². The standard InChI is InChI=1S/C15H15NO4/c1-19-13-6-2-11(3-7-13)16-12-4-8-14(9-5-12)20-10-15(17)18/h2-9,16H,10H2,1H3,(H,17,18). The molecule has 20 heavy (non-hydrogen) atoms. The topological polar surface area (TPSA) is 67.8 Å². The molecule has 0 amide bonds. The van der Waals surface area contributed by atoms with Crippen LogP contribution in [0, 0.1) is 0 Å². The van der Waals surface area contributed by atoms with E-state index in [-0.39, 0.29) is 6.61 Å². The third-order valence-corrected chi connectivity index (χ3v) is 2.60. The molecule has 104 valence electrons. The summed E-state index contributed by atoms with van der Waals surface area (Å²) in [5.74, 6) is 0.325. The molecule has 0 aliphatic carbocycles. The van der Waals surface area contributed by atoms with Crippen LogP contribution in [0.5, 0.6) is 11.5 Å². The van der Waals surface area contributed by atoms with E-state index in [1.165, 1.54) is 0 Å². The zero-order valence-electron chi connectivity index (χ0n) is 11.0. The van der Waals surface area contributed by atoms with Crippen LogP contribution in [0.1, 0.15) is 0 Å². The maximum Gasteiger partial charge on any atom is 0.341 e. The number of anilines is 2. The van der Waals surface area contributed by atoms with E-state index in [2.05, 4.69) is 5.32 Å². The Balaban J connectivity index is 1.97. The number of nitrogens with one attached hydrogen (secondary N) is 1. The quantitative estimate of drug-likeness (QED) is 0.847. The number of carbonyl (C=O) groups is 1. The molecule has 0 radical (unpaired) electrons. The Hall–Kier alpha value is -2.69. The van der Waals surface area contributed by atoms with Gasteiger partial charge in [-0.25, -0.2) is 4.79 Å². The lowest BCUT2D eigenvalue weighted by Gasteiger charge is -2.08. The monoisotopic (exact) mass is 273 g/mol. The second-order valence-electron chi connectivity index (χ2n) is 4.06. The summed E-state index contributed by atoms with van der Waals surface area (Å²) in [5.41, 5.74) is 1.82. The van der Waals surface area contributed by atoms with Crippen LogP contribution in [0.2, 0.25) is 0 Å². The van der Waals surface area contributed by atoms with E-state index in [0.29, 0.717) is 5.75 Å². The van der Waals surface area contributed by atoms with E-state index in [4.69, 9.17) is 14.6 Å². The Kier molecular flexibility index (Phi) is 4.44. The summed E-state index contributed by atoms with van der Waals surface area (Å²) in [6, 6.07) is 14.6. The number of aliphatic carboxylic acids is 1. The molecule has 0 aromatic heterocycles. The molecule has 0 aliphatic heterocycles. The number of hydrogen-bond donors (Lipinski definition) is 2. The minimum atomic E-state index is -0.995. The van der Waals surface area contributed by atoms with Crippen LogP contribution in [0.25, 0.3) is 0 Å². The maximum absolute atomic E-state index is 10.4. The first kappa shape index (κ1) is 13.7. The van der Waals surface area contributed by atoms with Crippen molar-refractivity contribution in [1.29, 1.82) is 0 Å². The Labute approximate surface area is 116 Å². The number of carboxylic acids is 1. The van der Waals surface area contributed by atoms with E-state index >= 15 is 0 Å². The van der Waals surface area contributed by atoms with Gasteiger partial charge in [-0.3, -0.25) is 0 Å². The Morgan fingerprint density at radius 1 is 1.00 bits per heavy atom. The highest BCUT2D eigenvalue weighted by molar-refractivity contribution is 5.68. The molecule has 5 heteroatoms. The summed E-state index contributed by atoms with van der Waals surface area (Å²) < 4.78 is 10.1. The molecule has 2 N–H and O–H groups in total. The van der Waals surface area contributed by atoms with Gasteiger partial charge in [-0.2, -0.15) is 0 Å². The Morgan fingerprint density at radius 3 is 1.95 bits per heavy atom. The van der Waals surface area contributed by atoms with Crippen molar-refractivity contribution >= 4 is 17.3 Å². The highest BCUT2D eigenvalue weighted by Gasteiger charge is 2.00. The van der Waals surface area contributed by atoms with E-state index < -0.39 is 5.97 Å². The number of hydrogen-bond acceptors (Lipinski definition) is 4. The van der Waals surface area contributed by atoms with Gasteiger partial charge >= 0.3 is 5.97 Å². The van der Waals surface area contributed by atoms with Crippen LogP contribution in [0.4, 0.5) is 11.4 Å². The van der Waals surface area contributed by atoms with Crippen molar-refractivity contribution in [2.75, 3.05) is 19.0 Å².